The van der Waals surface area contributed by atoms with Crippen molar-refractivity contribution in [1.29, 1.82) is 0 Å². The van der Waals surface area contributed by atoms with Crippen LogP contribution in [-0.4, -0.2) is 30.5 Å². The van der Waals surface area contributed by atoms with Crippen LogP contribution in [0.2, 0.25) is 0 Å². The van der Waals surface area contributed by atoms with Crippen LogP contribution in [0.5, 0.6) is 5.75 Å². The smallest absolute Gasteiger partial charge is 0.342 e. The fourth-order valence-electron chi connectivity index (χ4n) is 2.88. The van der Waals surface area contributed by atoms with Gasteiger partial charge in [0.05, 0.1) is 17.9 Å². The zero-order valence-electron chi connectivity index (χ0n) is 17.5. The molecule has 2 aromatic rings. The standard InChI is InChI=1S/C22H26N2O5S/c1-5-28-17-9-7-6-8-16(17)23-19(25)13(3)29-22(27)18-12(2)14(4)30-21(18)24-20(26)15-10-11-15/h6-9,13,15H,5,10-11H2,1-4H3,(H,23,25)(H,24,26). The number of nitrogens with one attached hydrogen (secondary N) is 2. The minimum Gasteiger partial charge on any atom is -0.492 e. The van der Waals surface area contributed by atoms with Gasteiger partial charge in [0.25, 0.3) is 5.91 Å². The minimum absolute atomic E-state index is 0.0201. The fraction of sp³-hybridized carbons (Fsp3) is 0.409. The molecular weight excluding hydrogens is 404 g/mol. The van der Waals surface area contributed by atoms with Crippen LogP contribution in [0.4, 0.5) is 10.7 Å². The molecule has 1 heterocycles. The second kappa shape index (κ2) is 9.30. The highest BCUT2D eigenvalue weighted by Crippen LogP contribution is 2.36. The van der Waals surface area contributed by atoms with Crippen molar-refractivity contribution in [2.45, 2.75) is 46.6 Å². The maximum Gasteiger partial charge on any atom is 0.342 e. The highest BCUT2D eigenvalue weighted by Gasteiger charge is 2.32. The molecule has 1 atom stereocenters. The molecule has 30 heavy (non-hydrogen) atoms. The number of hydrogen-bond acceptors (Lipinski definition) is 6. The molecule has 0 radical (unpaired) electrons. The van der Waals surface area contributed by atoms with Gasteiger partial charge < -0.3 is 20.1 Å². The van der Waals surface area contributed by atoms with E-state index in [9.17, 15) is 14.4 Å². The maximum atomic E-state index is 12.8. The number of amides is 2. The molecule has 160 valence electrons. The zero-order valence-corrected chi connectivity index (χ0v) is 18.4. The van der Waals surface area contributed by atoms with Gasteiger partial charge in [-0.25, -0.2) is 4.79 Å². The number of benzene rings is 1. The van der Waals surface area contributed by atoms with E-state index in [0.717, 1.165) is 23.3 Å². The first-order valence-electron chi connectivity index (χ1n) is 9.96. The number of anilines is 2. The lowest BCUT2D eigenvalue weighted by Crippen LogP contribution is -2.30. The van der Waals surface area contributed by atoms with Gasteiger partial charge in [0.1, 0.15) is 10.8 Å². The highest BCUT2D eigenvalue weighted by molar-refractivity contribution is 7.16. The second-order valence-corrected chi connectivity index (χ2v) is 8.44. The summed E-state index contributed by atoms with van der Waals surface area (Å²) in [6.45, 7) is 7.51. The number of aryl methyl sites for hydroxylation is 1. The minimum atomic E-state index is -1.03. The number of thiophene rings is 1. The molecule has 1 aliphatic carbocycles. The van der Waals surface area contributed by atoms with Crippen molar-refractivity contribution in [1.82, 2.24) is 0 Å². The van der Waals surface area contributed by atoms with Gasteiger partial charge in [0, 0.05) is 10.8 Å². The Bertz CT molecular complexity index is 964. The highest BCUT2D eigenvalue weighted by atomic mass is 32.1. The third-order valence-electron chi connectivity index (χ3n) is 4.87. The third kappa shape index (κ3) is 4.99. The first-order chi connectivity index (χ1) is 14.3. The van der Waals surface area contributed by atoms with Gasteiger partial charge in [0.2, 0.25) is 5.91 Å². The van der Waals surface area contributed by atoms with E-state index in [-0.39, 0.29) is 11.8 Å². The number of hydrogen-bond donors (Lipinski definition) is 2. The molecule has 1 aromatic heterocycles. The van der Waals surface area contributed by atoms with Gasteiger partial charge in [-0.2, -0.15) is 0 Å². The fourth-order valence-corrected chi connectivity index (χ4v) is 3.93. The molecule has 1 saturated carbocycles. The van der Waals surface area contributed by atoms with E-state index in [1.165, 1.54) is 18.3 Å². The lowest BCUT2D eigenvalue weighted by atomic mass is 10.1. The Morgan fingerprint density at radius 1 is 1.17 bits per heavy atom. The van der Waals surface area contributed by atoms with E-state index < -0.39 is 18.0 Å². The number of rotatable bonds is 8. The Labute approximate surface area is 179 Å². The van der Waals surface area contributed by atoms with Crippen molar-refractivity contribution in [3.63, 3.8) is 0 Å². The van der Waals surface area contributed by atoms with Crippen LogP contribution < -0.4 is 15.4 Å². The predicted molar refractivity (Wildman–Crippen MR) is 116 cm³/mol. The Balaban J connectivity index is 1.69. The summed E-state index contributed by atoms with van der Waals surface area (Å²) in [5, 5.41) is 6.05. The SMILES string of the molecule is CCOc1ccccc1NC(=O)C(C)OC(=O)c1c(NC(=O)C2CC2)sc(C)c1C. The van der Waals surface area contributed by atoms with Crippen molar-refractivity contribution in [3.8, 4) is 5.75 Å². The second-order valence-electron chi connectivity index (χ2n) is 7.22. The number of carbonyl (C=O) groups is 3. The van der Waals surface area contributed by atoms with Crippen LogP contribution in [0.15, 0.2) is 24.3 Å². The van der Waals surface area contributed by atoms with Crippen LogP contribution in [0, 0.1) is 19.8 Å². The summed E-state index contributed by atoms with van der Waals surface area (Å²) >= 11 is 1.34. The predicted octanol–water partition coefficient (Wildman–Crippen LogP) is 4.30. The van der Waals surface area contributed by atoms with Crippen LogP contribution in [0.25, 0.3) is 0 Å². The molecule has 0 aliphatic heterocycles. The van der Waals surface area contributed by atoms with Crippen LogP contribution in [0.3, 0.4) is 0 Å². The van der Waals surface area contributed by atoms with Gasteiger partial charge in [-0.05, 0) is 58.2 Å². The molecule has 0 spiro atoms. The molecule has 1 unspecified atom stereocenters. The van der Waals surface area contributed by atoms with E-state index in [1.807, 2.05) is 19.9 Å². The Hall–Kier alpha value is -2.87. The van der Waals surface area contributed by atoms with E-state index in [1.54, 1.807) is 25.1 Å². The largest absolute Gasteiger partial charge is 0.492 e. The van der Waals surface area contributed by atoms with Crippen LogP contribution in [-0.2, 0) is 14.3 Å². The molecular formula is C22H26N2O5S. The number of para-hydroxylation sites is 2. The van der Waals surface area contributed by atoms with Gasteiger partial charge in [-0.15, -0.1) is 11.3 Å². The molecule has 8 heteroatoms. The lowest BCUT2D eigenvalue weighted by molar-refractivity contribution is -0.123. The van der Waals surface area contributed by atoms with E-state index in [2.05, 4.69) is 10.6 Å². The van der Waals surface area contributed by atoms with Crippen molar-refractivity contribution >= 4 is 39.8 Å². The molecule has 1 fully saturated rings. The topological polar surface area (TPSA) is 93.7 Å². The molecule has 0 saturated heterocycles. The van der Waals surface area contributed by atoms with E-state index in [4.69, 9.17) is 9.47 Å². The summed E-state index contributed by atoms with van der Waals surface area (Å²) < 4.78 is 10.9. The Morgan fingerprint density at radius 2 is 1.87 bits per heavy atom. The molecule has 1 aliphatic rings. The van der Waals surface area contributed by atoms with Gasteiger partial charge in [-0.1, -0.05) is 12.1 Å². The summed E-state index contributed by atoms with van der Waals surface area (Å²) in [5.74, 6) is -0.621. The van der Waals surface area contributed by atoms with Gasteiger partial charge in [0.15, 0.2) is 6.10 Å². The monoisotopic (exact) mass is 430 g/mol. The zero-order chi connectivity index (χ0) is 21.8. The first-order valence-corrected chi connectivity index (χ1v) is 10.8. The van der Waals surface area contributed by atoms with Crippen molar-refractivity contribution < 1.29 is 23.9 Å². The van der Waals surface area contributed by atoms with Crippen LogP contribution >= 0.6 is 11.3 Å². The van der Waals surface area contributed by atoms with E-state index >= 15 is 0 Å². The summed E-state index contributed by atoms with van der Waals surface area (Å²) in [4.78, 5) is 38.5. The maximum absolute atomic E-state index is 12.8. The lowest BCUT2D eigenvalue weighted by Gasteiger charge is -2.16. The summed E-state index contributed by atoms with van der Waals surface area (Å²) in [6, 6.07) is 7.06. The van der Waals surface area contributed by atoms with Crippen molar-refractivity contribution in [3.05, 3.63) is 40.3 Å². The Morgan fingerprint density at radius 3 is 2.53 bits per heavy atom. The summed E-state index contributed by atoms with van der Waals surface area (Å²) in [7, 11) is 0. The quantitative estimate of drug-likeness (QED) is 0.609. The van der Waals surface area contributed by atoms with Crippen molar-refractivity contribution in [2.24, 2.45) is 5.92 Å². The average molecular weight is 431 g/mol. The molecule has 2 N–H and O–H groups in total. The third-order valence-corrected chi connectivity index (χ3v) is 5.99. The first kappa shape index (κ1) is 21.8. The summed E-state index contributed by atoms with van der Waals surface area (Å²) in [5.41, 5.74) is 1.55. The number of carbonyl (C=O) groups excluding carboxylic acids is 3. The number of esters is 1. The molecule has 0 bridgehead atoms. The molecule has 7 nitrogen and oxygen atoms in total. The molecule has 1 aromatic carbocycles. The average Bonchev–Trinajstić information content (AvgIpc) is 3.51. The Kier molecular flexibility index (Phi) is 6.77. The van der Waals surface area contributed by atoms with Crippen molar-refractivity contribution in [2.75, 3.05) is 17.2 Å². The molecule has 3 rings (SSSR count). The van der Waals surface area contributed by atoms with Crippen LogP contribution in [0.1, 0.15) is 47.5 Å². The normalized spacial score (nSPS) is 14.0. The summed E-state index contributed by atoms with van der Waals surface area (Å²) in [6.07, 6.45) is 0.712. The van der Waals surface area contributed by atoms with Gasteiger partial charge in [-0.3, -0.25) is 9.59 Å². The van der Waals surface area contributed by atoms with E-state index in [0.29, 0.717) is 28.6 Å². The van der Waals surface area contributed by atoms with Gasteiger partial charge >= 0.3 is 5.97 Å². The molecule has 2 amide bonds. The number of ether oxygens (including phenoxy) is 2.